The lowest BCUT2D eigenvalue weighted by molar-refractivity contribution is -0.679. The third-order valence-electron chi connectivity index (χ3n) is 6.53. The van der Waals surface area contributed by atoms with Gasteiger partial charge in [-0.3, -0.25) is 14.4 Å². The van der Waals surface area contributed by atoms with E-state index in [4.69, 9.17) is 9.57 Å². The lowest BCUT2D eigenvalue weighted by Gasteiger charge is -2.45. The van der Waals surface area contributed by atoms with Crippen LogP contribution in [0.25, 0.3) is 0 Å². The van der Waals surface area contributed by atoms with Crippen LogP contribution in [0.2, 0.25) is 0 Å². The van der Waals surface area contributed by atoms with E-state index < -0.39 is 0 Å². The highest BCUT2D eigenvalue weighted by atomic mass is 16.7. The van der Waals surface area contributed by atoms with Crippen molar-refractivity contribution in [1.29, 1.82) is 0 Å². The first-order valence-corrected chi connectivity index (χ1v) is 9.15. The summed E-state index contributed by atoms with van der Waals surface area (Å²) in [5.41, 5.74) is 4.08. The number of nitrogens with two attached hydrogens (primary N) is 1. The normalized spacial score (nSPS) is 44.4. The quantitative estimate of drug-likeness (QED) is 0.574. The molecule has 4 aliphatic rings. The fourth-order valence-corrected chi connectivity index (χ4v) is 5.16. The number of rotatable bonds is 3. The fraction of sp³-hybridized carbons (Fsp3) is 0.778. The molecule has 0 spiro atoms. The van der Waals surface area contributed by atoms with Gasteiger partial charge >= 0.3 is 11.9 Å². The summed E-state index contributed by atoms with van der Waals surface area (Å²) in [7, 11) is 0. The van der Waals surface area contributed by atoms with E-state index in [1.807, 2.05) is 5.32 Å². The molecule has 6 atom stereocenters. The highest BCUT2D eigenvalue weighted by molar-refractivity contribution is 5.80. The van der Waals surface area contributed by atoms with Crippen LogP contribution < -0.4 is 10.8 Å². The number of ether oxygens (including phenoxy) is 1. The first-order valence-electron chi connectivity index (χ1n) is 9.15. The van der Waals surface area contributed by atoms with Crippen LogP contribution in [0.5, 0.6) is 0 Å². The summed E-state index contributed by atoms with van der Waals surface area (Å²) in [6, 6.07) is -0.257. The molecule has 0 radical (unpaired) electrons. The van der Waals surface area contributed by atoms with E-state index in [0.717, 1.165) is 6.42 Å². The van der Waals surface area contributed by atoms with E-state index in [1.54, 1.807) is 0 Å². The molecule has 0 aromatic rings. The second-order valence-corrected chi connectivity index (χ2v) is 8.19. The number of hydrogen-bond acceptors (Lipinski definition) is 4. The first kappa shape index (κ1) is 16.1. The Bertz CT molecular complexity index is 590. The van der Waals surface area contributed by atoms with E-state index in [2.05, 4.69) is 25.4 Å². The average molecular weight is 335 g/mol. The maximum Gasteiger partial charge on any atom is 0.315 e. The van der Waals surface area contributed by atoms with Crippen molar-refractivity contribution in [2.75, 3.05) is 13.2 Å². The molecule has 4 rings (SSSR count). The molecule has 0 aromatic heterocycles. The van der Waals surface area contributed by atoms with Crippen molar-refractivity contribution < 1.29 is 24.5 Å². The monoisotopic (exact) mass is 335 g/mol. The van der Waals surface area contributed by atoms with Crippen molar-refractivity contribution in [2.45, 2.75) is 51.7 Å². The fourth-order valence-electron chi connectivity index (χ4n) is 5.16. The summed E-state index contributed by atoms with van der Waals surface area (Å²) in [6.45, 7) is 5.57. The third kappa shape index (κ3) is 2.56. The summed E-state index contributed by atoms with van der Waals surface area (Å²) in [5, 5.41) is 1.92. The summed E-state index contributed by atoms with van der Waals surface area (Å²) in [5.74, 6) is 0.372. The van der Waals surface area contributed by atoms with Crippen molar-refractivity contribution in [3.8, 4) is 0 Å². The molecule has 2 heterocycles. The summed E-state index contributed by atoms with van der Waals surface area (Å²) in [6.07, 6.45) is 7.00. The summed E-state index contributed by atoms with van der Waals surface area (Å²) >= 11 is 0. The van der Waals surface area contributed by atoms with Crippen LogP contribution in [0.3, 0.4) is 0 Å². The van der Waals surface area contributed by atoms with Crippen LogP contribution in [-0.2, 0) is 19.2 Å². The molecule has 6 nitrogen and oxygen atoms in total. The molecular weight excluding hydrogens is 308 g/mol. The second kappa shape index (κ2) is 5.85. The lowest BCUT2D eigenvalue weighted by atomic mass is 9.59. The molecule has 0 unspecified atom stereocenters. The molecular formula is C18H27N2O4+. The zero-order valence-corrected chi connectivity index (χ0v) is 14.4. The second-order valence-electron chi connectivity index (χ2n) is 8.19. The van der Waals surface area contributed by atoms with Gasteiger partial charge in [0.25, 0.3) is 0 Å². The maximum absolute atomic E-state index is 12.4. The molecule has 24 heavy (non-hydrogen) atoms. The zero-order chi connectivity index (χ0) is 16.9. The molecule has 1 saturated carbocycles. The van der Waals surface area contributed by atoms with Crippen molar-refractivity contribution in [3.05, 3.63) is 11.6 Å². The Morgan fingerprint density at radius 1 is 1.42 bits per heavy atom. The molecule has 0 bridgehead atoms. The average Bonchev–Trinajstić information content (AvgIpc) is 3.05. The van der Waals surface area contributed by atoms with Crippen molar-refractivity contribution in [2.24, 2.45) is 23.2 Å². The Morgan fingerprint density at radius 3 is 3.00 bits per heavy atom. The lowest BCUT2D eigenvalue weighted by Crippen LogP contribution is -2.93. The number of hydrogen-bond donors (Lipinski definition) is 2. The number of hydroxylamine groups is 1. The zero-order valence-electron chi connectivity index (χ0n) is 14.4. The molecule has 3 fully saturated rings. The Hall–Kier alpha value is -1.40. The Balaban J connectivity index is 1.52. The molecule has 2 saturated heterocycles. The van der Waals surface area contributed by atoms with E-state index in [9.17, 15) is 9.59 Å². The van der Waals surface area contributed by atoms with Crippen molar-refractivity contribution in [1.82, 2.24) is 5.48 Å². The largest absolute Gasteiger partial charge is 0.461 e. The molecule has 2 aliphatic carbocycles. The summed E-state index contributed by atoms with van der Waals surface area (Å²) in [4.78, 5) is 29.0. The molecule has 2 aliphatic heterocycles. The predicted octanol–water partition coefficient (Wildman–Crippen LogP) is 0.294. The molecule has 3 N–H and O–H groups in total. The van der Waals surface area contributed by atoms with Crippen LogP contribution in [-0.4, -0.2) is 37.2 Å². The van der Waals surface area contributed by atoms with Crippen molar-refractivity contribution >= 4 is 11.9 Å². The van der Waals surface area contributed by atoms with E-state index >= 15 is 0 Å². The van der Waals surface area contributed by atoms with E-state index in [0.29, 0.717) is 19.1 Å². The van der Waals surface area contributed by atoms with Gasteiger partial charge in [0.2, 0.25) is 0 Å². The minimum atomic E-state index is -0.257. The van der Waals surface area contributed by atoms with E-state index in [-0.39, 0.29) is 41.3 Å². The Labute approximate surface area is 142 Å². The van der Waals surface area contributed by atoms with Crippen molar-refractivity contribution in [3.63, 3.8) is 0 Å². The van der Waals surface area contributed by atoms with Crippen LogP contribution >= 0.6 is 0 Å². The molecule has 132 valence electrons. The minimum Gasteiger partial charge on any atom is -0.461 e. The SMILES string of the molecule is C[C@H]1CCC[C@]2(C)C[C@H]3OC(=O)[C@H](C[NH2+][C@@H]4CONC4=O)[C@H]3C=C12. The predicted molar refractivity (Wildman–Crippen MR) is 85.4 cm³/mol. The van der Waals surface area contributed by atoms with Gasteiger partial charge in [0.05, 0.1) is 6.54 Å². The van der Waals surface area contributed by atoms with Crippen LogP contribution in [0.4, 0.5) is 0 Å². The van der Waals surface area contributed by atoms with E-state index in [1.165, 1.54) is 24.8 Å². The summed E-state index contributed by atoms with van der Waals surface area (Å²) < 4.78 is 5.73. The Morgan fingerprint density at radius 2 is 2.25 bits per heavy atom. The van der Waals surface area contributed by atoms with Crippen LogP contribution in [0.1, 0.15) is 39.5 Å². The first-order chi connectivity index (χ1) is 11.5. The third-order valence-corrected chi connectivity index (χ3v) is 6.53. The molecule has 1 amide bonds. The highest BCUT2D eigenvalue weighted by Gasteiger charge is 2.52. The van der Waals surface area contributed by atoms with Crippen LogP contribution in [0.15, 0.2) is 11.6 Å². The number of esters is 1. The number of quaternary nitrogens is 1. The smallest absolute Gasteiger partial charge is 0.315 e. The van der Waals surface area contributed by atoms with Gasteiger partial charge in [-0.1, -0.05) is 31.9 Å². The molecule has 6 heteroatoms. The number of amides is 1. The topological polar surface area (TPSA) is 81.2 Å². The molecule has 0 aromatic carbocycles. The van der Waals surface area contributed by atoms with Crippen LogP contribution in [0, 0.1) is 23.2 Å². The number of fused-ring (bicyclic) bond motifs is 2. The number of carbonyl (C=O) groups excluding carboxylic acids is 2. The Kier molecular flexibility index (Phi) is 3.92. The standard InChI is InChI=1S/C18H26N2O4/c1-10-4-3-5-18(2)7-15-11(6-13(10)18)12(17(22)24-15)8-19-14-9-23-20-16(14)21/h6,10-12,14-15,19H,3-5,7-9H2,1-2H3,(H,20,21)/p+1/t10-,11+,12+,14+,15+,18+/m0/s1. The highest BCUT2D eigenvalue weighted by Crippen LogP contribution is 2.53. The number of carbonyl (C=O) groups is 2. The number of nitrogens with one attached hydrogen (secondary N) is 1. The van der Waals surface area contributed by atoms with Gasteiger partial charge in [-0.25, -0.2) is 5.48 Å². The number of allylic oxidation sites excluding steroid dienone is 1. The van der Waals surface area contributed by atoms with Gasteiger partial charge < -0.3 is 10.1 Å². The van der Waals surface area contributed by atoms with Gasteiger partial charge in [0, 0.05) is 5.92 Å². The van der Waals surface area contributed by atoms with Gasteiger partial charge in [-0.15, -0.1) is 0 Å². The van der Waals surface area contributed by atoms with Gasteiger partial charge in [0.1, 0.15) is 18.6 Å². The maximum atomic E-state index is 12.4. The van der Waals surface area contributed by atoms with Gasteiger partial charge in [0.15, 0.2) is 6.04 Å². The van der Waals surface area contributed by atoms with Gasteiger partial charge in [-0.2, -0.15) is 0 Å². The minimum absolute atomic E-state index is 0.00334. The van der Waals surface area contributed by atoms with Gasteiger partial charge in [-0.05, 0) is 30.6 Å².